The van der Waals surface area contributed by atoms with E-state index in [1.807, 2.05) is 0 Å². The number of nitrogens with two attached hydrogens (primary N) is 1. The molecule has 16 heavy (non-hydrogen) atoms. The van der Waals surface area contributed by atoms with Crippen molar-refractivity contribution in [3.63, 3.8) is 0 Å². The van der Waals surface area contributed by atoms with E-state index in [0.717, 1.165) is 12.0 Å². The normalized spacial score (nSPS) is 15.4. The van der Waals surface area contributed by atoms with Gasteiger partial charge in [-0.15, -0.1) is 0 Å². The Labute approximate surface area is 97.8 Å². The summed E-state index contributed by atoms with van der Waals surface area (Å²) in [5.41, 5.74) is 9.36. The predicted octanol–water partition coefficient (Wildman–Crippen LogP) is 2.65. The molecule has 0 radical (unpaired) electrons. The van der Waals surface area contributed by atoms with Crippen molar-refractivity contribution < 1.29 is 0 Å². The van der Waals surface area contributed by atoms with Crippen molar-refractivity contribution in [3.8, 4) is 0 Å². The molecule has 1 fully saturated rings. The molecule has 2 N–H and O–H groups in total. The predicted molar refractivity (Wildman–Crippen MR) is 70.6 cm³/mol. The van der Waals surface area contributed by atoms with Crippen LogP contribution in [0.4, 0.5) is 5.69 Å². The van der Waals surface area contributed by atoms with Crippen molar-refractivity contribution in [1.29, 1.82) is 0 Å². The Morgan fingerprint density at radius 1 is 1.25 bits per heavy atom. The van der Waals surface area contributed by atoms with Crippen molar-refractivity contribution in [2.24, 2.45) is 5.73 Å². The second-order valence-corrected chi connectivity index (χ2v) is 4.35. The van der Waals surface area contributed by atoms with Crippen LogP contribution < -0.4 is 10.6 Å². The van der Waals surface area contributed by atoms with Crippen LogP contribution in [0.15, 0.2) is 30.8 Å². The molecular formula is C14H20N2. The van der Waals surface area contributed by atoms with Gasteiger partial charge in [0.1, 0.15) is 0 Å². The number of anilines is 1. The monoisotopic (exact) mass is 216 g/mol. The highest BCUT2D eigenvalue weighted by Crippen LogP contribution is 2.29. The standard InChI is InChI=1S/C14H20N2/c1-12(8-9-15)13-6-2-3-7-14(13)16-10-4-5-11-16/h2-3,6-7H,1,4-5,8-11,15H2. The maximum absolute atomic E-state index is 5.60. The van der Waals surface area contributed by atoms with Crippen LogP contribution in [-0.2, 0) is 0 Å². The van der Waals surface area contributed by atoms with E-state index in [0.29, 0.717) is 6.54 Å². The van der Waals surface area contributed by atoms with Gasteiger partial charge in [0.2, 0.25) is 0 Å². The lowest BCUT2D eigenvalue weighted by atomic mass is 10.0. The first-order chi connectivity index (χ1) is 7.83. The van der Waals surface area contributed by atoms with Gasteiger partial charge in [0, 0.05) is 24.3 Å². The zero-order valence-electron chi connectivity index (χ0n) is 9.78. The minimum atomic E-state index is 0.674. The summed E-state index contributed by atoms with van der Waals surface area (Å²) < 4.78 is 0. The van der Waals surface area contributed by atoms with Crippen LogP contribution in [0.3, 0.4) is 0 Å². The van der Waals surface area contributed by atoms with E-state index >= 15 is 0 Å². The Hall–Kier alpha value is -1.28. The fourth-order valence-electron chi connectivity index (χ4n) is 2.32. The quantitative estimate of drug-likeness (QED) is 0.838. The van der Waals surface area contributed by atoms with E-state index in [1.165, 1.54) is 37.2 Å². The van der Waals surface area contributed by atoms with Gasteiger partial charge < -0.3 is 10.6 Å². The van der Waals surface area contributed by atoms with Gasteiger partial charge in [-0.05, 0) is 37.4 Å². The van der Waals surface area contributed by atoms with Gasteiger partial charge in [-0.2, -0.15) is 0 Å². The molecule has 1 aromatic carbocycles. The van der Waals surface area contributed by atoms with E-state index in [9.17, 15) is 0 Å². The summed E-state index contributed by atoms with van der Waals surface area (Å²) in [6.45, 7) is 7.16. The third kappa shape index (κ3) is 2.27. The Morgan fingerprint density at radius 2 is 1.94 bits per heavy atom. The third-order valence-electron chi connectivity index (χ3n) is 3.18. The second-order valence-electron chi connectivity index (χ2n) is 4.35. The summed E-state index contributed by atoms with van der Waals surface area (Å²) in [6.07, 6.45) is 3.49. The Balaban J connectivity index is 2.26. The SMILES string of the molecule is C=C(CCN)c1ccccc1N1CCCC1. The molecule has 2 nitrogen and oxygen atoms in total. The molecule has 0 atom stereocenters. The molecule has 1 aromatic rings. The van der Waals surface area contributed by atoms with Gasteiger partial charge in [-0.3, -0.25) is 0 Å². The smallest absolute Gasteiger partial charge is 0.0442 e. The summed E-state index contributed by atoms with van der Waals surface area (Å²) in [5, 5.41) is 0. The van der Waals surface area contributed by atoms with Gasteiger partial charge in [-0.1, -0.05) is 24.8 Å². The molecule has 0 aromatic heterocycles. The van der Waals surface area contributed by atoms with Crippen LogP contribution in [-0.4, -0.2) is 19.6 Å². The minimum absolute atomic E-state index is 0.674. The van der Waals surface area contributed by atoms with Gasteiger partial charge in [0.15, 0.2) is 0 Å². The lowest BCUT2D eigenvalue weighted by Gasteiger charge is -2.22. The first-order valence-electron chi connectivity index (χ1n) is 6.05. The van der Waals surface area contributed by atoms with Crippen molar-refractivity contribution in [2.75, 3.05) is 24.5 Å². The van der Waals surface area contributed by atoms with E-state index in [-0.39, 0.29) is 0 Å². The third-order valence-corrected chi connectivity index (χ3v) is 3.18. The molecule has 1 aliphatic heterocycles. The van der Waals surface area contributed by atoms with Crippen LogP contribution in [0, 0.1) is 0 Å². The van der Waals surface area contributed by atoms with E-state index in [4.69, 9.17) is 5.73 Å². The molecule has 1 heterocycles. The maximum atomic E-state index is 5.60. The average molecular weight is 216 g/mol. The molecule has 2 rings (SSSR count). The number of hydrogen-bond acceptors (Lipinski definition) is 2. The van der Waals surface area contributed by atoms with Crippen molar-refractivity contribution in [2.45, 2.75) is 19.3 Å². The first kappa shape index (κ1) is 11.2. The molecular weight excluding hydrogens is 196 g/mol. The first-order valence-corrected chi connectivity index (χ1v) is 6.05. The summed E-state index contributed by atoms with van der Waals surface area (Å²) in [6, 6.07) is 8.54. The van der Waals surface area contributed by atoms with Crippen LogP contribution in [0.2, 0.25) is 0 Å². The Bertz CT molecular complexity index is 365. The van der Waals surface area contributed by atoms with E-state index in [1.54, 1.807) is 0 Å². The number of rotatable bonds is 4. The van der Waals surface area contributed by atoms with Gasteiger partial charge in [0.25, 0.3) is 0 Å². The lowest BCUT2D eigenvalue weighted by Crippen LogP contribution is -2.19. The second kappa shape index (κ2) is 5.17. The van der Waals surface area contributed by atoms with Crippen molar-refractivity contribution >= 4 is 11.3 Å². The van der Waals surface area contributed by atoms with Crippen molar-refractivity contribution in [1.82, 2.24) is 0 Å². The van der Waals surface area contributed by atoms with Crippen LogP contribution >= 0.6 is 0 Å². The Kier molecular flexibility index (Phi) is 3.62. The highest BCUT2D eigenvalue weighted by Gasteiger charge is 2.15. The summed E-state index contributed by atoms with van der Waals surface area (Å²) in [4.78, 5) is 2.46. The molecule has 0 amide bonds. The van der Waals surface area contributed by atoms with Crippen LogP contribution in [0.1, 0.15) is 24.8 Å². The van der Waals surface area contributed by atoms with Gasteiger partial charge >= 0.3 is 0 Å². The van der Waals surface area contributed by atoms with Crippen LogP contribution in [0.25, 0.3) is 5.57 Å². The van der Waals surface area contributed by atoms with E-state index in [2.05, 4.69) is 35.7 Å². The number of benzene rings is 1. The summed E-state index contributed by atoms with van der Waals surface area (Å²) >= 11 is 0. The Morgan fingerprint density at radius 3 is 2.62 bits per heavy atom. The number of para-hydroxylation sites is 1. The highest BCUT2D eigenvalue weighted by atomic mass is 15.1. The molecule has 2 heteroatoms. The molecule has 86 valence electrons. The topological polar surface area (TPSA) is 29.3 Å². The van der Waals surface area contributed by atoms with Gasteiger partial charge in [0.05, 0.1) is 0 Å². The maximum Gasteiger partial charge on any atom is 0.0442 e. The molecule has 1 saturated heterocycles. The molecule has 0 aliphatic carbocycles. The summed E-state index contributed by atoms with van der Waals surface area (Å²) in [7, 11) is 0. The molecule has 0 unspecified atom stereocenters. The molecule has 0 bridgehead atoms. The number of hydrogen-bond donors (Lipinski definition) is 1. The van der Waals surface area contributed by atoms with Crippen molar-refractivity contribution in [3.05, 3.63) is 36.4 Å². The fraction of sp³-hybridized carbons (Fsp3) is 0.429. The highest BCUT2D eigenvalue weighted by molar-refractivity contribution is 5.76. The lowest BCUT2D eigenvalue weighted by molar-refractivity contribution is 0.949. The van der Waals surface area contributed by atoms with Crippen LogP contribution in [0.5, 0.6) is 0 Å². The average Bonchev–Trinajstić information content (AvgIpc) is 2.83. The van der Waals surface area contributed by atoms with Gasteiger partial charge in [-0.25, -0.2) is 0 Å². The molecule has 0 saturated carbocycles. The fourth-order valence-corrected chi connectivity index (χ4v) is 2.32. The van der Waals surface area contributed by atoms with E-state index < -0.39 is 0 Å². The zero-order chi connectivity index (χ0) is 11.4. The minimum Gasteiger partial charge on any atom is -0.371 e. The largest absolute Gasteiger partial charge is 0.371 e. The summed E-state index contributed by atoms with van der Waals surface area (Å²) in [5.74, 6) is 0. The molecule has 1 aliphatic rings. The molecule has 0 spiro atoms. The number of nitrogens with zero attached hydrogens (tertiary/aromatic N) is 1. The zero-order valence-corrected chi connectivity index (χ0v) is 9.78.